The highest BCUT2D eigenvalue weighted by molar-refractivity contribution is 7.08. The Morgan fingerprint density at radius 3 is 2.62 bits per heavy atom. The number of nitrogens with zero attached hydrogens (tertiary/aromatic N) is 3. The van der Waals surface area contributed by atoms with Crippen molar-refractivity contribution in [3.63, 3.8) is 0 Å². The summed E-state index contributed by atoms with van der Waals surface area (Å²) >= 11 is 7.00. The molecule has 0 aromatic carbocycles. The van der Waals surface area contributed by atoms with Gasteiger partial charge >= 0.3 is 0 Å². The van der Waals surface area contributed by atoms with Crippen LogP contribution in [0.1, 0.15) is 42.1 Å². The van der Waals surface area contributed by atoms with E-state index >= 15 is 0 Å². The van der Waals surface area contributed by atoms with Gasteiger partial charge < -0.3 is 4.90 Å². The number of aromatic nitrogens is 2. The van der Waals surface area contributed by atoms with Gasteiger partial charge in [0, 0.05) is 19.0 Å². The number of hydrogen-bond acceptors (Lipinski definition) is 4. The first-order chi connectivity index (χ1) is 7.43. The lowest BCUT2D eigenvalue weighted by atomic mass is 10.1. The Balaban J connectivity index is 2.83. The van der Waals surface area contributed by atoms with E-state index in [1.807, 2.05) is 20.8 Å². The predicted octanol–water partition coefficient (Wildman–Crippen LogP) is 2.36. The number of hydrogen-bond donors (Lipinski definition) is 0. The molecule has 0 bridgehead atoms. The zero-order valence-corrected chi connectivity index (χ0v) is 11.5. The SMILES string of the molecule is CC(Cl)CN(C)C(=O)c1snnc1C(C)C. The van der Waals surface area contributed by atoms with Crippen LogP contribution < -0.4 is 0 Å². The Hall–Kier alpha value is -0.680. The van der Waals surface area contributed by atoms with Crippen LogP contribution in [0, 0.1) is 0 Å². The monoisotopic (exact) mass is 261 g/mol. The summed E-state index contributed by atoms with van der Waals surface area (Å²) in [6.45, 7) is 6.38. The molecule has 0 aliphatic rings. The first-order valence-electron chi connectivity index (χ1n) is 5.15. The van der Waals surface area contributed by atoms with Crippen LogP contribution in [0.25, 0.3) is 0 Å². The Labute approximate surface area is 105 Å². The van der Waals surface area contributed by atoms with Gasteiger partial charge in [-0.25, -0.2) is 0 Å². The van der Waals surface area contributed by atoms with E-state index < -0.39 is 0 Å². The molecule has 0 aliphatic heterocycles. The van der Waals surface area contributed by atoms with Crippen molar-refractivity contribution in [2.75, 3.05) is 13.6 Å². The number of halogens is 1. The number of alkyl halides is 1. The first-order valence-corrected chi connectivity index (χ1v) is 6.36. The molecule has 0 saturated heterocycles. The molecule has 16 heavy (non-hydrogen) atoms. The van der Waals surface area contributed by atoms with Crippen molar-refractivity contribution < 1.29 is 4.79 Å². The lowest BCUT2D eigenvalue weighted by molar-refractivity contribution is 0.0799. The third-order valence-corrected chi connectivity index (χ3v) is 2.99. The van der Waals surface area contributed by atoms with Gasteiger partial charge in [-0.15, -0.1) is 16.7 Å². The average molecular weight is 262 g/mol. The van der Waals surface area contributed by atoms with Gasteiger partial charge in [0.25, 0.3) is 5.91 Å². The lowest BCUT2D eigenvalue weighted by Gasteiger charge is -2.18. The zero-order valence-electron chi connectivity index (χ0n) is 9.90. The van der Waals surface area contributed by atoms with Crippen molar-refractivity contribution >= 4 is 29.0 Å². The summed E-state index contributed by atoms with van der Waals surface area (Å²) in [4.78, 5) is 14.3. The maximum atomic E-state index is 12.1. The molecule has 0 spiro atoms. The molecule has 1 aromatic heterocycles. The Morgan fingerprint density at radius 2 is 2.12 bits per heavy atom. The highest BCUT2D eigenvalue weighted by atomic mass is 35.5. The summed E-state index contributed by atoms with van der Waals surface area (Å²) < 4.78 is 3.84. The normalized spacial score (nSPS) is 12.9. The van der Waals surface area contributed by atoms with Gasteiger partial charge in [0.1, 0.15) is 4.88 Å². The van der Waals surface area contributed by atoms with Crippen molar-refractivity contribution in [3.05, 3.63) is 10.6 Å². The number of amides is 1. The minimum Gasteiger partial charge on any atom is -0.339 e. The molecule has 1 rings (SSSR count). The van der Waals surface area contributed by atoms with E-state index in [4.69, 9.17) is 11.6 Å². The summed E-state index contributed by atoms with van der Waals surface area (Å²) in [7, 11) is 1.74. The van der Waals surface area contributed by atoms with Gasteiger partial charge in [-0.05, 0) is 24.4 Å². The molecule has 1 atom stereocenters. The fourth-order valence-corrected chi connectivity index (χ4v) is 2.38. The smallest absolute Gasteiger partial charge is 0.267 e. The van der Waals surface area contributed by atoms with Crippen LogP contribution in [0.15, 0.2) is 0 Å². The second-order valence-electron chi connectivity index (χ2n) is 4.11. The Bertz CT molecular complexity index is 365. The van der Waals surface area contributed by atoms with Gasteiger partial charge in [-0.1, -0.05) is 18.3 Å². The van der Waals surface area contributed by atoms with E-state index in [-0.39, 0.29) is 17.2 Å². The first kappa shape index (κ1) is 13.4. The minimum absolute atomic E-state index is 0.0498. The van der Waals surface area contributed by atoms with E-state index in [9.17, 15) is 4.79 Å². The maximum absolute atomic E-state index is 12.1. The largest absolute Gasteiger partial charge is 0.339 e. The van der Waals surface area contributed by atoms with Gasteiger partial charge in [0.05, 0.1) is 5.69 Å². The van der Waals surface area contributed by atoms with Crippen LogP contribution in [-0.2, 0) is 0 Å². The Morgan fingerprint density at radius 1 is 1.50 bits per heavy atom. The van der Waals surface area contributed by atoms with Crippen LogP contribution in [0.2, 0.25) is 0 Å². The lowest BCUT2D eigenvalue weighted by Crippen LogP contribution is -2.31. The van der Waals surface area contributed by atoms with E-state index in [2.05, 4.69) is 9.59 Å². The van der Waals surface area contributed by atoms with Crippen LogP contribution in [0.3, 0.4) is 0 Å². The molecular formula is C10H16ClN3OS. The molecule has 6 heteroatoms. The fourth-order valence-electron chi connectivity index (χ4n) is 1.36. The van der Waals surface area contributed by atoms with E-state index in [1.165, 1.54) is 0 Å². The molecule has 1 heterocycles. The summed E-state index contributed by atoms with van der Waals surface area (Å²) in [5, 5.41) is 3.93. The molecule has 0 radical (unpaired) electrons. The minimum atomic E-state index is -0.0580. The quantitative estimate of drug-likeness (QED) is 0.782. The highest BCUT2D eigenvalue weighted by Crippen LogP contribution is 2.21. The third kappa shape index (κ3) is 3.15. The highest BCUT2D eigenvalue weighted by Gasteiger charge is 2.22. The fraction of sp³-hybridized carbons (Fsp3) is 0.700. The Kier molecular flexibility index (Phi) is 4.68. The van der Waals surface area contributed by atoms with E-state index in [0.717, 1.165) is 17.2 Å². The molecule has 90 valence electrons. The molecule has 4 nitrogen and oxygen atoms in total. The number of carbonyl (C=O) groups excluding carboxylic acids is 1. The van der Waals surface area contributed by atoms with Crippen molar-refractivity contribution in [1.29, 1.82) is 0 Å². The molecule has 0 saturated carbocycles. The van der Waals surface area contributed by atoms with Gasteiger partial charge in [0.2, 0.25) is 0 Å². The van der Waals surface area contributed by atoms with Gasteiger partial charge in [-0.2, -0.15) is 0 Å². The number of rotatable bonds is 4. The van der Waals surface area contributed by atoms with Gasteiger partial charge in [0.15, 0.2) is 0 Å². The summed E-state index contributed by atoms with van der Waals surface area (Å²) in [5.41, 5.74) is 0.768. The molecule has 1 unspecified atom stereocenters. The van der Waals surface area contributed by atoms with Crippen molar-refractivity contribution in [1.82, 2.24) is 14.5 Å². The van der Waals surface area contributed by atoms with Gasteiger partial charge in [-0.3, -0.25) is 4.79 Å². The second-order valence-corrected chi connectivity index (χ2v) is 5.61. The van der Waals surface area contributed by atoms with Crippen LogP contribution in [-0.4, -0.2) is 39.4 Å². The third-order valence-electron chi connectivity index (χ3n) is 2.13. The van der Waals surface area contributed by atoms with Crippen LogP contribution in [0.5, 0.6) is 0 Å². The second kappa shape index (κ2) is 5.59. The average Bonchev–Trinajstić information content (AvgIpc) is 2.63. The molecular weight excluding hydrogens is 246 g/mol. The molecule has 1 aromatic rings. The standard InChI is InChI=1S/C10H16ClN3OS/c1-6(2)8-9(16-13-12-8)10(15)14(4)5-7(3)11/h6-7H,5H2,1-4H3. The summed E-state index contributed by atoms with van der Waals surface area (Å²) in [6, 6.07) is 0. The number of carbonyl (C=O) groups is 1. The molecule has 0 N–H and O–H groups in total. The van der Waals surface area contributed by atoms with Crippen molar-refractivity contribution in [3.8, 4) is 0 Å². The van der Waals surface area contributed by atoms with E-state index in [0.29, 0.717) is 11.4 Å². The zero-order chi connectivity index (χ0) is 12.3. The topological polar surface area (TPSA) is 46.1 Å². The molecule has 0 aliphatic carbocycles. The van der Waals surface area contributed by atoms with Crippen LogP contribution in [0.4, 0.5) is 0 Å². The van der Waals surface area contributed by atoms with Crippen LogP contribution >= 0.6 is 23.1 Å². The van der Waals surface area contributed by atoms with Crippen molar-refractivity contribution in [2.45, 2.75) is 32.1 Å². The molecule has 0 fully saturated rings. The van der Waals surface area contributed by atoms with E-state index in [1.54, 1.807) is 11.9 Å². The predicted molar refractivity (Wildman–Crippen MR) is 66.3 cm³/mol. The summed E-state index contributed by atoms with van der Waals surface area (Å²) in [6.07, 6.45) is 0. The summed E-state index contributed by atoms with van der Waals surface area (Å²) in [5.74, 6) is 0.158. The maximum Gasteiger partial charge on any atom is 0.267 e. The van der Waals surface area contributed by atoms with Crippen molar-refractivity contribution in [2.24, 2.45) is 0 Å². The molecule has 1 amide bonds.